The van der Waals surface area contributed by atoms with Crippen LogP contribution in [0.15, 0.2) is 72.0 Å². The number of benzene rings is 1. The van der Waals surface area contributed by atoms with Gasteiger partial charge >= 0.3 is 5.69 Å². The van der Waals surface area contributed by atoms with Crippen molar-refractivity contribution in [3.63, 3.8) is 0 Å². The molecule has 0 saturated carbocycles. The summed E-state index contributed by atoms with van der Waals surface area (Å²) in [4.78, 5) is 20.5. The third kappa shape index (κ3) is 7.70. The van der Waals surface area contributed by atoms with Crippen LogP contribution in [-0.2, 0) is 20.5 Å². The predicted octanol–water partition coefficient (Wildman–Crippen LogP) is 4.67. The lowest BCUT2D eigenvalue weighted by atomic mass is 10.0. The van der Waals surface area contributed by atoms with E-state index in [0.29, 0.717) is 6.61 Å². The summed E-state index contributed by atoms with van der Waals surface area (Å²) in [6.07, 6.45) is 10.2. The van der Waals surface area contributed by atoms with Gasteiger partial charge in [-0.15, -0.1) is 37.2 Å². The molecule has 0 amide bonds. The van der Waals surface area contributed by atoms with Gasteiger partial charge in [0.05, 0.1) is 17.6 Å². The van der Waals surface area contributed by atoms with Gasteiger partial charge < -0.3 is 10.1 Å². The van der Waals surface area contributed by atoms with Crippen molar-refractivity contribution < 1.29 is 4.74 Å². The Morgan fingerprint density at radius 1 is 0.943 bits per heavy atom. The molecular weight excluding hydrogens is 509 g/mol. The first-order chi connectivity index (χ1) is 15.6. The standard InChI is InChI=1S/C25H29N5O2.3ClH/c1-29-23-9-7-21(17-24(23)30(2)25(29)31)32-16-4-13-28-22(20-10-14-26-15-11-20)8-6-19-5-3-12-27-18-19;;;/h3,5,7,9-12,14-15,17-18,22,28H,4,6,8,13,16H2,1-2H3;3*1H. The van der Waals surface area contributed by atoms with E-state index in [4.69, 9.17) is 4.74 Å². The third-order valence-corrected chi connectivity index (χ3v) is 5.78. The van der Waals surface area contributed by atoms with Crippen LogP contribution >= 0.6 is 37.2 Å². The number of rotatable bonds is 10. The van der Waals surface area contributed by atoms with Crippen LogP contribution in [0, 0.1) is 0 Å². The van der Waals surface area contributed by atoms with E-state index in [1.54, 1.807) is 29.4 Å². The molecule has 1 N–H and O–H groups in total. The highest BCUT2D eigenvalue weighted by Crippen LogP contribution is 2.20. The number of nitrogens with zero attached hydrogens (tertiary/aromatic N) is 4. The van der Waals surface area contributed by atoms with E-state index in [9.17, 15) is 4.79 Å². The zero-order valence-corrected chi connectivity index (χ0v) is 22.2. The molecule has 0 spiro atoms. The maximum atomic E-state index is 12.1. The number of hydrogen-bond donors (Lipinski definition) is 1. The lowest BCUT2D eigenvalue weighted by Gasteiger charge is -2.19. The number of halogens is 3. The average molecular weight is 541 g/mol. The molecule has 0 fully saturated rings. The molecule has 1 atom stereocenters. The first kappa shape index (κ1) is 30.5. The van der Waals surface area contributed by atoms with Crippen molar-refractivity contribution in [3.05, 3.63) is 88.9 Å². The summed E-state index contributed by atoms with van der Waals surface area (Å²) in [5, 5.41) is 3.67. The number of fused-ring (bicyclic) bond motifs is 1. The van der Waals surface area contributed by atoms with Crippen molar-refractivity contribution in [2.75, 3.05) is 13.2 Å². The van der Waals surface area contributed by atoms with Crippen molar-refractivity contribution in [2.45, 2.75) is 25.3 Å². The molecule has 0 aliphatic heterocycles. The van der Waals surface area contributed by atoms with E-state index in [1.807, 2.05) is 42.9 Å². The van der Waals surface area contributed by atoms with Gasteiger partial charge in [0, 0.05) is 51.0 Å². The highest BCUT2D eigenvalue weighted by molar-refractivity contribution is 5.86. The van der Waals surface area contributed by atoms with Crippen LogP contribution in [0.2, 0.25) is 0 Å². The number of imidazole rings is 1. The normalized spacial score (nSPS) is 11.1. The molecular formula is C25H32Cl3N5O2. The zero-order valence-electron chi connectivity index (χ0n) is 19.8. The quantitative estimate of drug-likeness (QED) is 0.296. The van der Waals surface area contributed by atoms with Gasteiger partial charge in [0.25, 0.3) is 0 Å². The summed E-state index contributed by atoms with van der Waals surface area (Å²) >= 11 is 0. The predicted molar refractivity (Wildman–Crippen MR) is 148 cm³/mol. The molecule has 1 aromatic carbocycles. The molecule has 190 valence electrons. The first-order valence-electron chi connectivity index (χ1n) is 10.9. The molecule has 0 saturated heterocycles. The lowest BCUT2D eigenvalue weighted by Crippen LogP contribution is -2.24. The smallest absolute Gasteiger partial charge is 0.328 e. The maximum Gasteiger partial charge on any atom is 0.328 e. The van der Waals surface area contributed by atoms with Gasteiger partial charge in [-0.1, -0.05) is 6.07 Å². The summed E-state index contributed by atoms with van der Waals surface area (Å²) in [5.41, 5.74) is 4.22. The van der Waals surface area contributed by atoms with Gasteiger partial charge in [-0.2, -0.15) is 0 Å². The zero-order chi connectivity index (χ0) is 22.3. The molecule has 0 radical (unpaired) electrons. The van der Waals surface area contributed by atoms with Crippen LogP contribution in [0.1, 0.15) is 30.0 Å². The highest BCUT2D eigenvalue weighted by Gasteiger charge is 2.12. The molecule has 10 heteroatoms. The number of hydrogen-bond acceptors (Lipinski definition) is 5. The van der Waals surface area contributed by atoms with Gasteiger partial charge in [-0.05, 0) is 67.3 Å². The van der Waals surface area contributed by atoms with Crippen molar-refractivity contribution in [1.82, 2.24) is 24.4 Å². The van der Waals surface area contributed by atoms with E-state index in [2.05, 4.69) is 33.5 Å². The second kappa shape index (κ2) is 14.7. The van der Waals surface area contributed by atoms with Crippen molar-refractivity contribution in [1.29, 1.82) is 0 Å². The Bertz CT molecular complexity index is 1220. The molecule has 3 aromatic heterocycles. The minimum Gasteiger partial charge on any atom is -0.493 e. The Balaban J connectivity index is 0.00000204. The van der Waals surface area contributed by atoms with E-state index in [-0.39, 0.29) is 49.0 Å². The topological polar surface area (TPSA) is 74.0 Å². The summed E-state index contributed by atoms with van der Waals surface area (Å²) in [5.74, 6) is 0.779. The van der Waals surface area contributed by atoms with E-state index < -0.39 is 0 Å². The summed E-state index contributed by atoms with van der Waals surface area (Å²) < 4.78 is 9.24. The maximum absolute atomic E-state index is 12.1. The molecule has 7 nitrogen and oxygen atoms in total. The Hall–Kier alpha value is -2.58. The molecule has 0 aliphatic rings. The van der Waals surface area contributed by atoms with Crippen molar-refractivity contribution >= 4 is 48.3 Å². The van der Waals surface area contributed by atoms with Gasteiger partial charge in [0.1, 0.15) is 5.75 Å². The van der Waals surface area contributed by atoms with Crippen molar-refractivity contribution in [2.24, 2.45) is 14.1 Å². The minimum absolute atomic E-state index is 0. The molecule has 0 bridgehead atoms. The Labute approximate surface area is 224 Å². The monoisotopic (exact) mass is 539 g/mol. The molecule has 3 heterocycles. The average Bonchev–Trinajstić information content (AvgIpc) is 3.05. The molecule has 4 rings (SSSR count). The minimum atomic E-state index is -0.0326. The van der Waals surface area contributed by atoms with Crippen LogP contribution in [0.4, 0.5) is 0 Å². The summed E-state index contributed by atoms with van der Waals surface area (Å²) in [7, 11) is 3.56. The van der Waals surface area contributed by atoms with Gasteiger partial charge in [0.15, 0.2) is 0 Å². The largest absolute Gasteiger partial charge is 0.493 e. The lowest BCUT2D eigenvalue weighted by molar-refractivity contribution is 0.304. The molecule has 35 heavy (non-hydrogen) atoms. The second-order valence-corrected chi connectivity index (χ2v) is 7.94. The summed E-state index contributed by atoms with van der Waals surface area (Å²) in [6, 6.07) is 14.3. The van der Waals surface area contributed by atoms with E-state index in [0.717, 1.165) is 42.6 Å². The number of ether oxygens (including phenoxy) is 1. The fourth-order valence-corrected chi connectivity index (χ4v) is 3.95. The van der Waals surface area contributed by atoms with Crippen LogP contribution in [0.3, 0.4) is 0 Å². The Morgan fingerprint density at radius 2 is 1.69 bits per heavy atom. The number of aryl methyl sites for hydroxylation is 3. The summed E-state index contributed by atoms with van der Waals surface area (Å²) in [6.45, 7) is 1.44. The second-order valence-electron chi connectivity index (χ2n) is 7.94. The number of nitrogens with one attached hydrogen (secondary N) is 1. The van der Waals surface area contributed by atoms with Crippen LogP contribution in [0.5, 0.6) is 5.75 Å². The van der Waals surface area contributed by atoms with Crippen LogP contribution in [0.25, 0.3) is 11.0 Å². The van der Waals surface area contributed by atoms with E-state index in [1.165, 1.54) is 11.1 Å². The first-order valence-corrected chi connectivity index (χ1v) is 10.9. The number of pyridine rings is 2. The Morgan fingerprint density at radius 3 is 2.40 bits per heavy atom. The SMILES string of the molecule is Cl.Cl.Cl.Cn1c(=O)n(C)c2cc(OCCCNC(CCc3cccnc3)c3ccncc3)ccc21. The third-order valence-electron chi connectivity index (χ3n) is 5.78. The number of aromatic nitrogens is 4. The van der Waals surface area contributed by atoms with Crippen molar-refractivity contribution in [3.8, 4) is 5.75 Å². The van der Waals surface area contributed by atoms with Gasteiger partial charge in [-0.25, -0.2) is 4.79 Å². The Kier molecular flexibility index (Phi) is 12.8. The fraction of sp³-hybridized carbons (Fsp3) is 0.320. The van der Waals surface area contributed by atoms with Gasteiger partial charge in [0.2, 0.25) is 0 Å². The van der Waals surface area contributed by atoms with Crippen LogP contribution < -0.4 is 15.7 Å². The molecule has 1 unspecified atom stereocenters. The van der Waals surface area contributed by atoms with Crippen LogP contribution in [-0.4, -0.2) is 32.3 Å². The molecule has 0 aliphatic carbocycles. The van der Waals surface area contributed by atoms with E-state index >= 15 is 0 Å². The molecule has 4 aromatic rings. The van der Waals surface area contributed by atoms with Gasteiger partial charge in [-0.3, -0.25) is 19.1 Å². The highest BCUT2D eigenvalue weighted by atomic mass is 35.5. The fourth-order valence-electron chi connectivity index (χ4n) is 3.95.